The van der Waals surface area contributed by atoms with Crippen molar-refractivity contribution in [3.8, 4) is 0 Å². The lowest BCUT2D eigenvalue weighted by Gasteiger charge is -2.20. The summed E-state index contributed by atoms with van der Waals surface area (Å²) in [4.78, 5) is 13.1. The number of amides is 1. The fraction of sp³-hybridized carbons (Fsp3) is 0.889. The molecule has 3 unspecified atom stereocenters. The fourth-order valence-corrected chi connectivity index (χ4v) is 1.43. The minimum absolute atomic E-state index is 0.0181. The molecule has 3 atom stereocenters. The highest BCUT2D eigenvalue weighted by Gasteiger charge is 2.41. The Balaban J connectivity index is 2.26. The molecule has 82 valence electrons. The van der Waals surface area contributed by atoms with Gasteiger partial charge in [0.1, 0.15) is 0 Å². The smallest absolute Gasteiger partial charge is 0.227 e. The lowest BCUT2D eigenvalue weighted by molar-refractivity contribution is -0.133. The van der Waals surface area contributed by atoms with Crippen molar-refractivity contribution in [1.82, 2.24) is 4.90 Å². The van der Waals surface area contributed by atoms with Gasteiger partial charge in [0, 0.05) is 26.7 Å². The lowest BCUT2D eigenvalue weighted by Crippen LogP contribution is -2.37. The third-order valence-corrected chi connectivity index (χ3v) is 2.38. The first-order valence-electron chi connectivity index (χ1n) is 4.73. The summed E-state index contributed by atoms with van der Waals surface area (Å²) in [5.41, 5.74) is 5.56. The molecular formula is C9H18N2O3. The van der Waals surface area contributed by atoms with Crippen LogP contribution in [0.25, 0.3) is 0 Å². The van der Waals surface area contributed by atoms with Crippen LogP contribution in [0, 0.1) is 5.92 Å². The zero-order chi connectivity index (χ0) is 10.7. The Morgan fingerprint density at radius 2 is 2.36 bits per heavy atom. The molecule has 0 saturated heterocycles. The molecule has 1 aliphatic carbocycles. The highest BCUT2D eigenvalue weighted by Crippen LogP contribution is 2.29. The van der Waals surface area contributed by atoms with Crippen molar-refractivity contribution in [3.05, 3.63) is 0 Å². The van der Waals surface area contributed by atoms with Gasteiger partial charge in [0.2, 0.25) is 5.91 Å². The third kappa shape index (κ3) is 2.94. The van der Waals surface area contributed by atoms with Crippen molar-refractivity contribution >= 4 is 5.91 Å². The Morgan fingerprint density at radius 3 is 2.79 bits per heavy atom. The van der Waals surface area contributed by atoms with Gasteiger partial charge in [-0.2, -0.15) is 0 Å². The molecule has 1 aliphatic rings. The summed E-state index contributed by atoms with van der Waals surface area (Å²) in [5, 5.41) is 9.39. The van der Waals surface area contributed by atoms with E-state index in [-0.39, 0.29) is 24.5 Å². The minimum Gasteiger partial charge on any atom is -0.389 e. The molecule has 5 nitrogen and oxygen atoms in total. The van der Waals surface area contributed by atoms with Gasteiger partial charge in [-0.1, -0.05) is 0 Å². The van der Waals surface area contributed by atoms with Crippen molar-refractivity contribution in [2.24, 2.45) is 11.7 Å². The van der Waals surface area contributed by atoms with Crippen LogP contribution >= 0.6 is 0 Å². The molecule has 1 saturated carbocycles. The average Bonchev–Trinajstić information content (AvgIpc) is 2.81. The second kappa shape index (κ2) is 4.72. The molecule has 1 rings (SSSR count). The van der Waals surface area contributed by atoms with E-state index in [9.17, 15) is 9.90 Å². The maximum atomic E-state index is 11.5. The van der Waals surface area contributed by atoms with Crippen LogP contribution in [0.3, 0.4) is 0 Å². The van der Waals surface area contributed by atoms with Gasteiger partial charge in [-0.3, -0.25) is 4.79 Å². The number of rotatable bonds is 5. The number of carbonyl (C=O) groups excluding carboxylic acids is 1. The number of methoxy groups -OCH3 is 1. The fourth-order valence-electron chi connectivity index (χ4n) is 1.43. The van der Waals surface area contributed by atoms with E-state index < -0.39 is 6.10 Å². The quantitative estimate of drug-likeness (QED) is 0.587. The molecule has 0 aromatic carbocycles. The number of ether oxygens (including phenoxy) is 1. The largest absolute Gasteiger partial charge is 0.389 e. The lowest BCUT2D eigenvalue weighted by atomic mass is 10.3. The Bertz CT molecular complexity index is 210. The molecule has 0 aromatic rings. The topological polar surface area (TPSA) is 75.8 Å². The van der Waals surface area contributed by atoms with Gasteiger partial charge >= 0.3 is 0 Å². The van der Waals surface area contributed by atoms with E-state index in [1.165, 1.54) is 12.0 Å². The van der Waals surface area contributed by atoms with Gasteiger partial charge in [0.15, 0.2) is 0 Å². The summed E-state index contributed by atoms with van der Waals surface area (Å²) < 4.78 is 4.77. The first kappa shape index (κ1) is 11.4. The standard InChI is InChI=1S/C9H18N2O3/c1-11(4-6(12)5-14-2)9(13)7-3-8(7)10/h6-8,12H,3-5,10H2,1-2H3. The summed E-state index contributed by atoms with van der Waals surface area (Å²) in [6.07, 6.45) is 0.146. The van der Waals surface area contributed by atoms with Crippen molar-refractivity contribution < 1.29 is 14.6 Å². The van der Waals surface area contributed by atoms with Gasteiger partial charge < -0.3 is 20.5 Å². The average molecular weight is 202 g/mol. The summed E-state index contributed by atoms with van der Waals surface area (Å²) >= 11 is 0. The Morgan fingerprint density at radius 1 is 1.79 bits per heavy atom. The van der Waals surface area contributed by atoms with Crippen LogP contribution in [0.15, 0.2) is 0 Å². The molecule has 0 heterocycles. The van der Waals surface area contributed by atoms with Crippen LogP contribution in [-0.2, 0) is 9.53 Å². The van der Waals surface area contributed by atoms with Crippen molar-refractivity contribution in [3.63, 3.8) is 0 Å². The molecule has 5 heteroatoms. The van der Waals surface area contributed by atoms with Gasteiger partial charge in [0.25, 0.3) is 0 Å². The summed E-state index contributed by atoms with van der Waals surface area (Å²) in [7, 11) is 3.19. The van der Waals surface area contributed by atoms with Crippen LogP contribution in [0.1, 0.15) is 6.42 Å². The van der Waals surface area contributed by atoms with Crippen molar-refractivity contribution in [2.45, 2.75) is 18.6 Å². The molecule has 1 fully saturated rings. The number of hydrogen-bond donors (Lipinski definition) is 2. The zero-order valence-corrected chi connectivity index (χ0v) is 8.64. The number of aliphatic hydroxyl groups is 1. The summed E-state index contributed by atoms with van der Waals surface area (Å²) in [6.45, 7) is 0.546. The van der Waals surface area contributed by atoms with E-state index in [1.54, 1.807) is 7.05 Å². The van der Waals surface area contributed by atoms with E-state index in [0.717, 1.165) is 6.42 Å². The molecule has 0 aliphatic heterocycles. The normalized spacial score (nSPS) is 27.1. The SMILES string of the molecule is COCC(O)CN(C)C(=O)C1CC1N. The Labute approximate surface area is 83.8 Å². The number of carbonyl (C=O) groups is 1. The molecule has 0 spiro atoms. The van der Waals surface area contributed by atoms with Crippen LogP contribution < -0.4 is 5.73 Å². The summed E-state index contributed by atoms with van der Waals surface area (Å²) in [5.74, 6) is -0.0117. The number of nitrogens with two attached hydrogens (primary N) is 1. The van der Waals surface area contributed by atoms with Crippen LogP contribution in [0.5, 0.6) is 0 Å². The van der Waals surface area contributed by atoms with E-state index in [2.05, 4.69) is 0 Å². The molecule has 0 bridgehead atoms. The second-order valence-corrected chi connectivity index (χ2v) is 3.83. The molecule has 1 amide bonds. The van der Waals surface area contributed by atoms with Gasteiger partial charge in [-0.15, -0.1) is 0 Å². The van der Waals surface area contributed by atoms with E-state index in [0.29, 0.717) is 6.54 Å². The van der Waals surface area contributed by atoms with E-state index in [1.807, 2.05) is 0 Å². The third-order valence-electron chi connectivity index (χ3n) is 2.38. The van der Waals surface area contributed by atoms with Crippen LogP contribution in [0.2, 0.25) is 0 Å². The Hall–Kier alpha value is -0.650. The number of likely N-dealkylation sites (N-methyl/N-ethyl adjacent to an activating group) is 1. The van der Waals surface area contributed by atoms with E-state index >= 15 is 0 Å². The second-order valence-electron chi connectivity index (χ2n) is 3.83. The highest BCUT2D eigenvalue weighted by atomic mass is 16.5. The monoisotopic (exact) mass is 202 g/mol. The molecular weight excluding hydrogens is 184 g/mol. The predicted octanol–water partition coefficient (Wildman–Crippen LogP) is -1.20. The zero-order valence-electron chi connectivity index (χ0n) is 8.64. The number of nitrogens with zero attached hydrogens (tertiary/aromatic N) is 1. The molecule has 0 radical (unpaired) electrons. The van der Waals surface area contributed by atoms with Crippen LogP contribution in [-0.4, -0.2) is 55.4 Å². The van der Waals surface area contributed by atoms with Gasteiger partial charge in [-0.05, 0) is 6.42 Å². The Kier molecular flexibility index (Phi) is 3.86. The molecule has 14 heavy (non-hydrogen) atoms. The maximum Gasteiger partial charge on any atom is 0.227 e. The maximum absolute atomic E-state index is 11.5. The first-order chi connectivity index (χ1) is 6.56. The minimum atomic E-state index is -0.621. The highest BCUT2D eigenvalue weighted by molar-refractivity contribution is 5.82. The van der Waals surface area contributed by atoms with Crippen LogP contribution in [0.4, 0.5) is 0 Å². The number of hydrogen-bond acceptors (Lipinski definition) is 4. The number of aliphatic hydroxyl groups excluding tert-OH is 1. The predicted molar refractivity (Wildman–Crippen MR) is 51.6 cm³/mol. The van der Waals surface area contributed by atoms with E-state index in [4.69, 9.17) is 10.5 Å². The van der Waals surface area contributed by atoms with Crippen molar-refractivity contribution in [1.29, 1.82) is 0 Å². The first-order valence-corrected chi connectivity index (χ1v) is 4.73. The van der Waals surface area contributed by atoms with Gasteiger partial charge in [-0.25, -0.2) is 0 Å². The summed E-state index contributed by atoms with van der Waals surface area (Å²) in [6, 6.07) is 0.0181. The van der Waals surface area contributed by atoms with Crippen molar-refractivity contribution in [2.75, 3.05) is 27.3 Å². The molecule has 3 N–H and O–H groups in total. The molecule has 0 aromatic heterocycles. The van der Waals surface area contributed by atoms with Gasteiger partial charge in [0.05, 0.1) is 18.6 Å².